The Labute approximate surface area is 140 Å². The van der Waals surface area contributed by atoms with E-state index in [0.29, 0.717) is 24.6 Å². The maximum atomic E-state index is 11.9. The first-order chi connectivity index (χ1) is 11.1. The number of benzene rings is 1. The van der Waals surface area contributed by atoms with Crippen molar-refractivity contribution in [1.29, 1.82) is 0 Å². The lowest BCUT2D eigenvalue weighted by Crippen LogP contribution is -2.38. The number of hydrogen-bond acceptors (Lipinski definition) is 2. The van der Waals surface area contributed by atoms with Gasteiger partial charge in [0.2, 0.25) is 0 Å². The first-order valence-electron chi connectivity index (χ1n) is 8.46. The highest BCUT2D eigenvalue weighted by atomic mass is 16.1. The fourth-order valence-electron chi connectivity index (χ4n) is 2.06. The first kappa shape index (κ1) is 19.0. The molecule has 0 aliphatic rings. The highest BCUT2D eigenvalue weighted by Crippen LogP contribution is 2.07. The zero-order chi connectivity index (χ0) is 17.1. The molecule has 1 aromatic carbocycles. The number of guanidine groups is 1. The summed E-state index contributed by atoms with van der Waals surface area (Å²) in [6.07, 6.45) is 1.11. The Balaban J connectivity index is 2.67. The molecule has 0 aliphatic heterocycles. The number of amides is 1. The maximum absolute atomic E-state index is 11.9. The molecule has 0 atom stereocenters. The smallest absolute Gasteiger partial charge is 0.251 e. The van der Waals surface area contributed by atoms with Gasteiger partial charge in [-0.1, -0.05) is 26.0 Å². The molecule has 23 heavy (non-hydrogen) atoms. The van der Waals surface area contributed by atoms with Gasteiger partial charge in [-0.3, -0.25) is 4.79 Å². The average molecular weight is 318 g/mol. The van der Waals surface area contributed by atoms with E-state index in [4.69, 9.17) is 0 Å². The van der Waals surface area contributed by atoms with Crippen LogP contribution in [0.4, 0.5) is 0 Å². The minimum Gasteiger partial charge on any atom is -0.357 e. The van der Waals surface area contributed by atoms with E-state index < -0.39 is 0 Å². The SMILES string of the molecule is CCNC(=O)c1cccc(CN=C(NCC)NCCC(C)C)c1. The summed E-state index contributed by atoms with van der Waals surface area (Å²) in [5.41, 5.74) is 1.70. The van der Waals surface area contributed by atoms with Crippen molar-refractivity contribution in [3.8, 4) is 0 Å². The molecule has 1 amide bonds. The number of hydrogen-bond donors (Lipinski definition) is 3. The lowest BCUT2D eigenvalue weighted by atomic mass is 10.1. The molecule has 128 valence electrons. The number of nitrogens with one attached hydrogen (secondary N) is 3. The highest BCUT2D eigenvalue weighted by molar-refractivity contribution is 5.94. The maximum Gasteiger partial charge on any atom is 0.251 e. The van der Waals surface area contributed by atoms with E-state index in [-0.39, 0.29) is 5.91 Å². The lowest BCUT2D eigenvalue weighted by Gasteiger charge is -2.12. The van der Waals surface area contributed by atoms with Gasteiger partial charge in [0, 0.05) is 25.2 Å². The molecular formula is C18H30N4O. The summed E-state index contributed by atoms with van der Waals surface area (Å²) >= 11 is 0. The van der Waals surface area contributed by atoms with E-state index in [0.717, 1.165) is 31.0 Å². The van der Waals surface area contributed by atoms with Gasteiger partial charge < -0.3 is 16.0 Å². The van der Waals surface area contributed by atoms with Crippen molar-refractivity contribution < 1.29 is 4.79 Å². The number of nitrogens with zero attached hydrogens (tertiary/aromatic N) is 1. The topological polar surface area (TPSA) is 65.5 Å². The summed E-state index contributed by atoms with van der Waals surface area (Å²) in [7, 11) is 0. The molecule has 0 saturated carbocycles. The third-order valence-corrected chi connectivity index (χ3v) is 3.30. The van der Waals surface area contributed by atoms with Crippen molar-refractivity contribution in [2.45, 2.75) is 40.7 Å². The lowest BCUT2D eigenvalue weighted by molar-refractivity contribution is 0.0955. The zero-order valence-corrected chi connectivity index (χ0v) is 14.8. The summed E-state index contributed by atoms with van der Waals surface area (Å²) in [5, 5.41) is 9.40. The molecule has 0 bridgehead atoms. The Morgan fingerprint density at radius 3 is 2.52 bits per heavy atom. The summed E-state index contributed by atoms with van der Waals surface area (Å²) in [4.78, 5) is 16.5. The molecule has 1 aromatic rings. The van der Waals surface area contributed by atoms with Gasteiger partial charge in [0.25, 0.3) is 5.91 Å². The van der Waals surface area contributed by atoms with Crippen molar-refractivity contribution in [3.05, 3.63) is 35.4 Å². The fourth-order valence-corrected chi connectivity index (χ4v) is 2.06. The monoisotopic (exact) mass is 318 g/mol. The first-order valence-corrected chi connectivity index (χ1v) is 8.46. The van der Waals surface area contributed by atoms with Crippen LogP contribution in [0.1, 0.15) is 50.0 Å². The molecule has 0 spiro atoms. The van der Waals surface area contributed by atoms with E-state index in [9.17, 15) is 4.79 Å². The van der Waals surface area contributed by atoms with Crippen LogP contribution in [0.15, 0.2) is 29.3 Å². The molecule has 0 radical (unpaired) electrons. The van der Waals surface area contributed by atoms with Gasteiger partial charge in [-0.25, -0.2) is 4.99 Å². The second kappa shape index (κ2) is 10.6. The van der Waals surface area contributed by atoms with Crippen LogP contribution in [0.5, 0.6) is 0 Å². The van der Waals surface area contributed by atoms with E-state index >= 15 is 0 Å². The van der Waals surface area contributed by atoms with Crippen LogP contribution in [-0.2, 0) is 6.54 Å². The van der Waals surface area contributed by atoms with Crippen LogP contribution < -0.4 is 16.0 Å². The van der Waals surface area contributed by atoms with Crippen LogP contribution in [0.2, 0.25) is 0 Å². The summed E-state index contributed by atoms with van der Waals surface area (Å²) in [6, 6.07) is 7.61. The number of aliphatic imine (C=N–C) groups is 1. The van der Waals surface area contributed by atoms with Gasteiger partial charge in [0.1, 0.15) is 0 Å². The highest BCUT2D eigenvalue weighted by Gasteiger charge is 2.05. The molecule has 3 N–H and O–H groups in total. The van der Waals surface area contributed by atoms with Crippen molar-refractivity contribution >= 4 is 11.9 Å². The summed E-state index contributed by atoms with van der Waals surface area (Å²) < 4.78 is 0. The average Bonchev–Trinajstić information content (AvgIpc) is 2.53. The van der Waals surface area contributed by atoms with Gasteiger partial charge in [0.15, 0.2) is 5.96 Å². The summed E-state index contributed by atoms with van der Waals surface area (Å²) in [5.74, 6) is 1.44. The zero-order valence-electron chi connectivity index (χ0n) is 14.8. The van der Waals surface area contributed by atoms with Gasteiger partial charge >= 0.3 is 0 Å². The Morgan fingerprint density at radius 2 is 1.87 bits per heavy atom. The molecule has 5 heteroatoms. The summed E-state index contributed by atoms with van der Waals surface area (Å²) in [6.45, 7) is 11.3. The van der Waals surface area contributed by atoms with Gasteiger partial charge in [-0.2, -0.15) is 0 Å². The van der Waals surface area contributed by atoms with Crippen molar-refractivity contribution in [2.24, 2.45) is 10.9 Å². The standard InChI is InChI=1S/C18H30N4O/c1-5-19-17(23)16-9-7-8-15(12-16)13-22-18(20-6-2)21-11-10-14(3)4/h7-9,12,14H,5-6,10-11,13H2,1-4H3,(H,19,23)(H2,20,21,22). The van der Waals surface area contributed by atoms with Crippen LogP contribution >= 0.6 is 0 Å². The van der Waals surface area contributed by atoms with Gasteiger partial charge in [-0.15, -0.1) is 0 Å². The Morgan fingerprint density at radius 1 is 1.13 bits per heavy atom. The normalized spacial score (nSPS) is 11.4. The molecule has 0 aromatic heterocycles. The molecule has 0 aliphatic carbocycles. The van der Waals surface area contributed by atoms with Crippen LogP contribution in [0.3, 0.4) is 0 Å². The third-order valence-electron chi connectivity index (χ3n) is 3.30. The second-order valence-electron chi connectivity index (χ2n) is 5.86. The van der Waals surface area contributed by atoms with E-state index in [1.54, 1.807) is 0 Å². The second-order valence-corrected chi connectivity index (χ2v) is 5.86. The molecule has 0 saturated heterocycles. The van der Waals surface area contributed by atoms with Gasteiger partial charge in [-0.05, 0) is 43.9 Å². The largest absolute Gasteiger partial charge is 0.357 e. The minimum absolute atomic E-state index is 0.0414. The molecule has 1 rings (SSSR count). The van der Waals surface area contributed by atoms with E-state index in [1.807, 2.05) is 31.2 Å². The third kappa shape index (κ3) is 7.68. The molecule has 5 nitrogen and oxygen atoms in total. The van der Waals surface area contributed by atoms with Crippen molar-refractivity contribution in [3.63, 3.8) is 0 Å². The Hall–Kier alpha value is -2.04. The Kier molecular flexibility index (Phi) is 8.80. The number of carbonyl (C=O) groups is 1. The van der Waals surface area contributed by atoms with Crippen molar-refractivity contribution in [1.82, 2.24) is 16.0 Å². The van der Waals surface area contributed by atoms with Gasteiger partial charge in [0.05, 0.1) is 6.54 Å². The predicted molar refractivity (Wildman–Crippen MR) is 96.7 cm³/mol. The predicted octanol–water partition coefficient (Wildman–Crippen LogP) is 2.54. The molecular weight excluding hydrogens is 288 g/mol. The molecule has 0 heterocycles. The number of carbonyl (C=O) groups excluding carboxylic acids is 1. The van der Waals surface area contributed by atoms with Crippen LogP contribution in [0, 0.1) is 5.92 Å². The number of rotatable bonds is 8. The fraction of sp³-hybridized carbons (Fsp3) is 0.556. The van der Waals surface area contributed by atoms with E-state index in [1.165, 1.54) is 0 Å². The minimum atomic E-state index is -0.0414. The molecule has 0 unspecified atom stereocenters. The van der Waals surface area contributed by atoms with E-state index in [2.05, 4.69) is 41.7 Å². The van der Waals surface area contributed by atoms with Crippen LogP contribution in [0.25, 0.3) is 0 Å². The van der Waals surface area contributed by atoms with Crippen LogP contribution in [-0.4, -0.2) is 31.5 Å². The van der Waals surface area contributed by atoms with Crippen molar-refractivity contribution in [2.75, 3.05) is 19.6 Å². The Bertz CT molecular complexity index is 511. The quantitative estimate of drug-likeness (QED) is 0.510. The molecule has 0 fully saturated rings.